The quantitative estimate of drug-likeness (QED) is 0.203. The highest BCUT2D eigenvalue weighted by Crippen LogP contribution is 2.31. The standard InChI is InChI=1S/C28H32N4O2.2ClH/c1-2-33-28(29)23-10-12-26-25(19-23)27(31-30-26)22-8-7-21-18-24(11-9-20(21)17-22)34-16-15-32-13-5-3-4-6-14-32;;/h7-12,17-19,29H,2-6,13-16H2,1H3,(H,30,31);2*1H. The zero-order chi connectivity index (χ0) is 23.3. The van der Waals surface area contributed by atoms with Crippen LogP contribution in [0.5, 0.6) is 5.75 Å². The molecular formula is C28H34Cl2N4O2. The van der Waals surface area contributed by atoms with Gasteiger partial charge in [0.05, 0.1) is 17.8 Å². The topological polar surface area (TPSA) is 74.2 Å². The summed E-state index contributed by atoms with van der Waals surface area (Å²) in [5.41, 5.74) is 3.60. The van der Waals surface area contributed by atoms with Crippen LogP contribution in [-0.2, 0) is 4.74 Å². The third-order valence-corrected chi connectivity index (χ3v) is 6.57. The van der Waals surface area contributed by atoms with Gasteiger partial charge in [-0.2, -0.15) is 5.10 Å². The monoisotopic (exact) mass is 528 g/mol. The molecule has 192 valence electrons. The van der Waals surface area contributed by atoms with Gasteiger partial charge in [0.15, 0.2) is 0 Å². The van der Waals surface area contributed by atoms with E-state index in [9.17, 15) is 0 Å². The Morgan fingerprint density at radius 1 is 0.944 bits per heavy atom. The molecule has 0 bridgehead atoms. The molecule has 36 heavy (non-hydrogen) atoms. The van der Waals surface area contributed by atoms with Crippen LogP contribution in [0.2, 0.25) is 0 Å². The van der Waals surface area contributed by atoms with Crippen molar-refractivity contribution in [1.82, 2.24) is 15.1 Å². The highest BCUT2D eigenvalue weighted by Gasteiger charge is 2.12. The van der Waals surface area contributed by atoms with Gasteiger partial charge in [0.2, 0.25) is 5.90 Å². The molecule has 0 amide bonds. The molecule has 4 aromatic rings. The molecule has 1 aliphatic rings. The summed E-state index contributed by atoms with van der Waals surface area (Å²) in [4.78, 5) is 2.52. The molecule has 1 saturated heterocycles. The van der Waals surface area contributed by atoms with E-state index in [0.29, 0.717) is 6.61 Å². The Morgan fingerprint density at radius 2 is 1.69 bits per heavy atom. The van der Waals surface area contributed by atoms with E-state index >= 15 is 0 Å². The van der Waals surface area contributed by atoms with Gasteiger partial charge in [-0.3, -0.25) is 15.4 Å². The van der Waals surface area contributed by atoms with Gasteiger partial charge in [-0.25, -0.2) is 0 Å². The molecule has 0 atom stereocenters. The molecule has 3 aromatic carbocycles. The lowest BCUT2D eigenvalue weighted by atomic mass is 10.0. The van der Waals surface area contributed by atoms with E-state index in [0.717, 1.165) is 57.4 Å². The van der Waals surface area contributed by atoms with Gasteiger partial charge in [-0.1, -0.05) is 31.0 Å². The number of benzene rings is 3. The maximum absolute atomic E-state index is 8.11. The van der Waals surface area contributed by atoms with E-state index in [4.69, 9.17) is 14.9 Å². The van der Waals surface area contributed by atoms with Crippen molar-refractivity contribution < 1.29 is 9.47 Å². The number of nitrogens with zero attached hydrogens (tertiary/aromatic N) is 2. The fourth-order valence-corrected chi connectivity index (χ4v) is 4.72. The predicted octanol–water partition coefficient (Wildman–Crippen LogP) is 6.84. The van der Waals surface area contributed by atoms with Crippen LogP contribution in [0.15, 0.2) is 54.6 Å². The number of ether oxygens (including phenoxy) is 2. The first-order chi connectivity index (χ1) is 16.7. The molecule has 2 N–H and O–H groups in total. The minimum absolute atomic E-state index is 0. The van der Waals surface area contributed by atoms with Crippen LogP contribution in [-0.4, -0.2) is 53.8 Å². The van der Waals surface area contributed by atoms with Crippen molar-refractivity contribution in [2.75, 3.05) is 32.8 Å². The van der Waals surface area contributed by atoms with Gasteiger partial charge in [-0.05, 0) is 80.0 Å². The lowest BCUT2D eigenvalue weighted by Gasteiger charge is -2.19. The number of likely N-dealkylation sites (tertiary alicyclic amines) is 1. The van der Waals surface area contributed by atoms with Gasteiger partial charge in [0.25, 0.3) is 0 Å². The maximum atomic E-state index is 8.11. The molecule has 1 aliphatic heterocycles. The lowest BCUT2D eigenvalue weighted by Crippen LogP contribution is -2.29. The number of aromatic nitrogens is 2. The summed E-state index contributed by atoms with van der Waals surface area (Å²) < 4.78 is 11.5. The van der Waals surface area contributed by atoms with Gasteiger partial charge in [0, 0.05) is 23.1 Å². The fourth-order valence-electron chi connectivity index (χ4n) is 4.72. The highest BCUT2D eigenvalue weighted by molar-refractivity contribution is 6.01. The summed E-state index contributed by atoms with van der Waals surface area (Å²) in [6.07, 6.45) is 5.33. The normalized spacial score (nSPS) is 14.0. The van der Waals surface area contributed by atoms with Crippen LogP contribution in [0.1, 0.15) is 38.2 Å². The number of aromatic amines is 1. The molecule has 2 heterocycles. The molecule has 8 heteroatoms. The van der Waals surface area contributed by atoms with Crippen LogP contribution < -0.4 is 4.74 Å². The second-order valence-electron chi connectivity index (χ2n) is 8.92. The summed E-state index contributed by atoms with van der Waals surface area (Å²) >= 11 is 0. The third-order valence-electron chi connectivity index (χ3n) is 6.57. The molecule has 0 aliphatic carbocycles. The summed E-state index contributed by atoms with van der Waals surface area (Å²) in [5, 5.41) is 19.1. The third kappa shape index (κ3) is 6.30. The molecule has 1 aromatic heterocycles. The van der Waals surface area contributed by atoms with Gasteiger partial charge in [-0.15, -0.1) is 24.8 Å². The number of hydrogen-bond donors (Lipinski definition) is 2. The molecule has 5 rings (SSSR count). The van der Waals surface area contributed by atoms with Crippen LogP contribution in [0.25, 0.3) is 32.9 Å². The average Bonchev–Trinajstić information content (AvgIpc) is 3.11. The molecule has 0 saturated carbocycles. The zero-order valence-electron chi connectivity index (χ0n) is 20.6. The summed E-state index contributed by atoms with van der Waals surface area (Å²) in [6, 6.07) is 18.5. The summed E-state index contributed by atoms with van der Waals surface area (Å²) in [7, 11) is 0. The van der Waals surface area contributed by atoms with Crippen LogP contribution in [0, 0.1) is 5.41 Å². The van der Waals surface area contributed by atoms with Gasteiger partial charge >= 0.3 is 0 Å². The van der Waals surface area contributed by atoms with Crippen molar-refractivity contribution in [2.24, 2.45) is 0 Å². The SMILES string of the molecule is CCOC(=N)c1ccc2[nH]nc(-c3ccc4cc(OCCN5CCCCCC5)ccc4c3)c2c1.Cl.Cl. The van der Waals surface area contributed by atoms with Crippen molar-refractivity contribution in [1.29, 1.82) is 5.41 Å². The first-order valence-corrected chi connectivity index (χ1v) is 12.3. The fraction of sp³-hybridized carbons (Fsp3) is 0.357. The Kier molecular flexibility index (Phi) is 9.99. The summed E-state index contributed by atoms with van der Waals surface area (Å²) in [6.45, 7) is 6.47. The molecule has 0 unspecified atom stereocenters. The Balaban J connectivity index is 0.00000180. The molecule has 6 nitrogen and oxygen atoms in total. The minimum atomic E-state index is 0. The number of rotatable bonds is 7. The lowest BCUT2D eigenvalue weighted by molar-refractivity contribution is 0.214. The largest absolute Gasteiger partial charge is 0.492 e. The molecule has 0 spiro atoms. The zero-order valence-corrected chi connectivity index (χ0v) is 22.2. The van der Waals surface area contributed by atoms with E-state index in [-0.39, 0.29) is 30.7 Å². The van der Waals surface area contributed by atoms with Gasteiger partial charge in [0.1, 0.15) is 12.4 Å². The van der Waals surface area contributed by atoms with Crippen LogP contribution in [0.4, 0.5) is 0 Å². The molecular weight excluding hydrogens is 495 g/mol. The van der Waals surface area contributed by atoms with Crippen molar-refractivity contribution >= 4 is 52.4 Å². The highest BCUT2D eigenvalue weighted by atomic mass is 35.5. The van der Waals surface area contributed by atoms with E-state index in [2.05, 4.69) is 51.5 Å². The van der Waals surface area contributed by atoms with E-state index < -0.39 is 0 Å². The van der Waals surface area contributed by atoms with Gasteiger partial charge < -0.3 is 9.47 Å². The smallest absolute Gasteiger partial charge is 0.213 e. The maximum Gasteiger partial charge on any atom is 0.213 e. The second kappa shape index (κ2) is 12.9. The number of fused-ring (bicyclic) bond motifs is 2. The van der Waals surface area contributed by atoms with E-state index in [1.54, 1.807) is 0 Å². The molecule has 0 radical (unpaired) electrons. The first-order valence-electron chi connectivity index (χ1n) is 12.3. The number of halogens is 2. The van der Waals surface area contributed by atoms with Crippen LogP contribution >= 0.6 is 24.8 Å². The number of nitrogens with one attached hydrogen (secondary N) is 2. The average molecular weight is 530 g/mol. The van der Waals surface area contributed by atoms with E-state index in [1.165, 1.54) is 38.8 Å². The Hall–Kier alpha value is -2.80. The minimum Gasteiger partial charge on any atom is -0.492 e. The first kappa shape index (κ1) is 27.8. The van der Waals surface area contributed by atoms with E-state index in [1.807, 2.05) is 25.1 Å². The summed E-state index contributed by atoms with van der Waals surface area (Å²) in [5.74, 6) is 1.10. The van der Waals surface area contributed by atoms with Crippen molar-refractivity contribution in [3.05, 3.63) is 60.2 Å². The van der Waals surface area contributed by atoms with Crippen molar-refractivity contribution in [3.63, 3.8) is 0 Å². The number of hydrogen-bond acceptors (Lipinski definition) is 5. The molecule has 1 fully saturated rings. The van der Waals surface area contributed by atoms with Crippen LogP contribution in [0.3, 0.4) is 0 Å². The predicted molar refractivity (Wildman–Crippen MR) is 152 cm³/mol. The Labute approximate surface area is 224 Å². The Bertz CT molecular complexity index is 1300. The van der Waals surface area contributed by atoms with Crippen molar-refractivity contribution in [3.8, 4) is 17.0 Å². The Morgan fingerprint density at radius 3 is 2.47 bits per heavy atom. The van der Waals surface area contributed by atoms with Crippen molar-refractivity contribution in [2.45, 2.75) is 32.6 Å². The second-order valence-corrected chi connectivity index (χ2v) is 8.92. The number of H-pyrrole nitrogens is 1.